The zero-order valence-corrected chi connectivity index (χ0v) is 31.8. The van der Waals surface area contributed by atoms with E-state index in [1.165, 1.54) is 0 Å². The third-order valence-corrected chi connectivity index (χ3v) is 15.0. The zero-order valence-electron chi connectivity index (χ0n) is 31.8. The smallest absolute Gasteiger partial charge is 0.314 e. The first-order valence-electron chi connectivity index (χ1n) is 19.9. The van der Waals surface area contributed by atoms with Crippen LogP contribution >= 0.6 is 0 Å². The predicted octanol–water partition coefficient (Wildman–Crippen LogP) is -2.94. The van der Waals surface area contributed by atoms with E-state index in [1.54, 1.807) is 0 Å². The summed E-state index contributed by atoms with van der Waals surface area (Å²) in [5.41, 5.74) is -1.80. The van der Waals surface area contributed by atoms with Crippen LogP contribution in [0.3, 0.4) is 0 Å². The molecule has 0 aromatic carbocycles. The van der Waals surface area contributed by atoms with Gasteiger partial charge >= 0.3 is 5.97 Å². The summed E-state index contributed by atoms with van der Waals surface area (Å²) >= 11 is 0. The molecule has 7 aliphatic rings. The fourth-order valence-corrected chi connectivity index (χ4v) is 12.0. The highest BCUT2D eigenvalue weighted by molar-refractivity contribution is 5.77. The molecule has 18 nitrogen and oxygen atoms in total. The molecular formula is C38H60O18. The van der Waals surface area contributed by atoms with Gasteiger partial charge in [-0.3, -0.25) is 4.79 Å². The first-order valence-corrected chi connectivity index (χ1v) is 19.9. The van der Waals surface area contributed by atoms with Crippen LogP contribution < -0.4 is 0 Å². The quantitative estimate of drug-likeness (QED) is 0.0631. The average Bonchev–Trinajstić information content (AvgIpc) is 3.37. The van der Waals surface area contributed by atoms with Crippen molar-refractivity contribution in [2.75, 3.05) is 19.8 Å². The highest BCUT2D eigenvalue weighted by Crippen LogP contribution is 2.73. The second-order valence-corrected chi connectivity index (χ2v) is 18.0. The summed E-state index contributed by atoms with van der Waals surface area (Å²) in [6.45, 7) is 6.52. The summed E-state index contributed by atoms with van der Waals surface area (Å²) in [5, 5.41) is 114. The number of esters is 1. The molecule has 18 heteroatoms. The van der Waals surface area contributed by atoms with Gasteiger partial charge in [-0.15, -0.1) is 0 Å². The van der Waals surface area contributed by atoms with Crippen LogP contribution in [0.1, 0.15) is 71.6 Å². The number of hydrogen-bond acceptors (Lipinski definition) is 18. The number of carbonyl (C=O) groups is 1. The maximum absolute atomic E-state index is 14.1. The SMILES string of the molecule is C=C1C[C@@]23CC[C@@H]4[C@@](C)(CCC[C@@]4(C)C(=O)O[C@@H]4O[C@H](CO)[C@@H](O)[C@H](O)[C@H]4O)[C@@H]2CC[C@]1(O[C@@H]1O[C@H](CO)[C@@H](O)[C@H](O)[C@@H]1O[C@@H]1O[C@H](CO)[C@@H](O)[C@H](O)[C@H]1O)C3. The van der Waals surface area contributed by atoms with Gasteiger partial charge < -0.3 is 84.6 Å². The first kappa shape index (κ1) is 42.7. The lowest BCUT2D eigenvalue weighted by Gasteiger charge is -2.64. The topological polar surface area (TPSA) is 295 Å². The van der Waals surface area contributed by atoms with Crippen molar-refractivity contribution in [3.63, 3.8) is 0 Å². The fraction of sp³-hybridized carbons (Fsp3) is 0.921. The van der Waals surface area contributed by atoms with Crippen LogP contribution in [-0.4, -0.2) is 180 Å². The highest BCUT2D eigenvalue weighted by atomic mass is 16.8. The molecule has 0 amide bonds. The molecule has 2 bridgehead atoms. The van der Waals surface area contributed by atoms with E-state index in [0.717, 1.165) is 18.4 Å². The lowest BCUT2D eigenvalue weighted by molar-refractivity contribution is -0.378. The third-order valence-electron chi connectivity index (χ3n) is 15.0. The van der Waals surface area contributed by atoms with Crippen LogP contribution in [0.4, 0.5) is 0 Å². The van der Waals surface area contributed by atoms with E-state index in [2.05, 4.69) is 13.5 Å². The molecule has 320 valence electrons. The number of aliphatic hydroxyl groups excluding tert-OH is 11. The first-order chi connectivity index (χ1) is 26.4. The monoisotopic (exact) mass is 804 g/mol. The molecular weight excluding hydrogens is 744 g/mol. The van der Waals surface area contributed by atoms with Crippen molar-refractivity contribution in [3.05, 3.63) is 12.2 Å². The second-order valence-electron chi connectivity index (χ2n) is 18.0. The Hall–Kier alpha value is -1.43. The van der Waals surface area contributed by atoms with E-state index in [4.69, 9.17) is 28.4 Å². The van der Waals surface area contributed by atoms with Crippen LogP contribution in [-0.2, 0) is 33.2 Å². The van der Waals surface area contributed by atoms with Crippen molar-refractivity contribution in [1.82, 2.24) is 0 Å². The molecule has 11 N–H and O–H groups in total. The largest absolute Gasteiger partial charge is 0.432 e. The van der Waals surface area contributed by atoms with E-state index < -0.39 is 129 Å². The lowest BCUT2D eigenvalue weighted by atomic mass is 9.41. The van der Waals surface area contributed by atoms with Gasteiger partial charge in [0.2, 0.25) is 6.29 Å². The van der Waals surface area contributed by atoms with Gasteiger partial charge in [0, 0.05) is 0 Å². The van der Waals surface area contributed by atoms with E-state index in [-0.39, 0.29) is 22.7 Å². The fourth-order valence-electron chi connectivity index (χ4n) is 12.0. The van der Waals surface area contributed by atoms with E-state index in [0.29, 0.717) is 44.9 Å². The van der Waals surface area contributed by atoms with E-state index in [9.17, 15) is 61.0 Å². The molecule has 56 heavy (non-hydrogen) atoms. The van der Waals surface area contributed by atoms with Gasteiger partial charge in [0.1, 0.15) is 73.2 Å². The van der Waals surface area contributed by atoms with Gasteiger partial charge in [0.25, 0.3) is 0 Å². The van der Waals surface area contributed by atoms with Crippen molar-refractivity contribution >= 4 is 5.97 Å². The molecule has 0 aromatic heterocycles. The van der Waals surface area contributed by atoms with Gasteiger partial charge in [0.05, 0.1) is 30.8 Å². The van der Waals surface area contributed by atoms with E-state index >= 15 is 0 Å². The predicted molar refractivity (Wildman–Crippen MR) is 186 cm³/mol. The second kappa shape index (κ2) is 15.6. The van der Waals surface area contributed by atoms with Gasteiger partial charge in [-0.05, 0) is 86.5 Å². The van der Waals surface area contributed by atoms with Gasteiger partial charge in [-0.2, -0.15) is 0 Å². The Morgan fingerprint density at radius 1 is 0.679 bits per heavy atom. The summed E-state index contributed by atoms with van der Waals surface area (Å²) < 4.78 is 35.6. The number of ether oxygens (including phenoxy) is 6. The highest BCUT2D eigenvalue weighted by Gasteiger charge is 2.69. The Kier molecular flexibility index (Phi) is 11.9. The Bertz CT molecular complexity index is 1450. The number of carbonyl (C=O) groups excluding carboxylic acids is 1. The standard InChI is InChI=1S/C38H60O18/c1-16-11-37-9-5-20-35(2,7-4-8-36(20,3)34(50)55-32-29(49)26(46)23(43)18(13-40)52-32)21(37)6-10-38(16,15-37)56-33-30(27(47)24(44)19(14-41)53-33)54-31-28(48)25(45)22(42)17(12-39)51-31/h17-33,39-49H,1,4-15H2,2-3H3/t17-,18-,19-,20-,21+,22-,23-,24-,25+,26+,27+,28-,29-,30+,31+,32+,33+,35-,36-,37-,38+/m1/s1. The minimum Gasteiger partial charge on any atom is -0.432 e. The summed E-state index contributed by atoms with van der Waals surface area (Å²) in [7, 11) is 0. The summed E-state index contributed by atoms with van der Waals surface area (Å²) in [4.78, 5) is 14.1. The van der Waals surface area contributed by atoms with Crippen molar-refractivity contribution in [3.8, 4) is 0 Å². The van der Waals surface area contributed by atoms with Crippen molar-refractivity contribution in [1.29, 1.82) is 0 Å². The van der Waals surface area contributed by atoms with Gasteiger partial charge in [-0.25, -0.2) is 0 Å². The zero-order chi connectivity index (χ0) is 40.7. The Morgan fingerprint density at radius 2 is 1.21 bits per heavy atom. The third kappa shape index (κ3) is 6.69. The van der Waals surface area contributed by atoms with Crippen LogP contribution in [0.25, 0.3) is 0 Å². The molecule has 3 saturated heterocycles. The summed E-state index contributed by atoms with van der Waals surface area (Å²) in [6.07, 6.45) is -17.8. The lowest BCUT2D eigenvalue weighted by Crippen LogP contribution is -2.65. The van der Waals surface area contributed by atoms with Crippen LogP contribution in [0.15, 0.2) is 12.2 Å². The van der Waals surface area contributed by atoms with Crippen molar-refractivity contribution < 1.29 is 89.4 Å². The summed E-state index contributed by atoms with van der Waals surface area (Å²) in [6, 6.07) is 0. The maximum Gasteiger partial charge on any atom is 0.314 e. The Labute approximate surface area is 324 Å². The summed E-state index contributed by atoms with van der Waals surface area (Å²) in [5.74, 6) is -0.591. The molecule has 0 radical (unpaired) electrons. The minimum absolute atomic E-state index is 0.121. The number of hydrogen-bond donors (Lipinski definition) is 11. The van der Waals surface area contributed by atoms with Gasteiger partial charge in [0.15, 0.2) is 12.6 Å². The van der Waals surface area contributed by atoms with Crippen molar-refractivity contribution in [2.45, 2.75) is 169 Å². The minimum atomic E-state index is -1.81. The normalized spacial score (nSPS) is 54.6. The van der Waals surface area contributed by atoms with Gasteiger partial charge in [-0.1, -0.05) is 19.9 Å². The molecule has 3 aliphatic heterocycles. The molecule has 7 rings (SSSR count). The molecule has 7 fully saturated rings. The molecule has 1 spiro atoms. The maximum atomic E-state index is 14.1. The Morgan fingerprint density at radius 3 is 1.82 bits per heavy atom. The molecule has 0 unspecified atom stereocenters. The average molecular weight is 805 g/mol. The molecule has 4 aliphatic carbocycles. The molecule has 3 heterocycles. The Balaban J connectivity index is 1.10. The van der Waals surface area contributed by atoms with Crippen LogP contribution in [0.2, 0.25) is 0 Å². The number of aliphatic hydroxyl groups is 11. The molecule has 4 saturated carbocycles. The molecule has 21 atom stereocenters. The number of fused-ring (bicyclic) bond motifs is 3. The van der Waals surface area contributed by atoms with Crippen molar-refractivity contribution in [2.24, 2.45) is 28.1 Å². The molecule has 0 aromatic rings. The van der Waals surface area contributed by atoms with E-state index in [1.807, 2.05) is 6.92 Å². The van der Waals surface area contributed by atoms with Crippen LogP contribution in [0.5, 0.6) is 0 Å². The van der Waals surface area contributed by atoms with Crippen LogP contribution in [0, 0.1) is 28.1 Å². The number of rotatable bonds is 9.